The van der Waals surface area contributed by atoms with Gasteiger partial charge in [-0.05, 0) is 42.7 Å². The first-order valence-corrected chi connectivity index (χ1v) is 12.7. The molecule has 2 aromatic rings. The Morgan fingerprint density at radius 1 is 1.00 bits per heavy atom. The van der Waals surface area contributed by atoms with Crippen LogP contribution in [0.25, 0.3) is 0 Å². The molecule has 1 fully saturated rings. The molecule has 9 heteroatoms. The number of hydrogen-bond donors (Lipinski definition) is 1. The van der Waals surface area contributed by atoms with Gasteiger partial charge in [-0.2, -0.15) is 4.31 Å². The first-order chi connectivity index (χ1) is 16.0. The molecule has 1 saturated heterocycles. The number of sulfonamides is 1. The number of hydrogen-bond acceptors (Lipinski definition) is 6. The lowest BCUT2D eigenvalue weighted by Crippen LogP contribution is -2.41. The van der Waals surface area contributed by atoms with Crippen LogP contribution in [0.5, 0.6) is 11.5 Å². The standard InChI is InChI=1S/C24H32N2O6S/c1-3-13-31-21-10-9-19(17-22(21)32-14-4-2)24(27)25-18-20-7-5-6-8-23(20)33(28,29)26-11-15-30-16-12-26/h5-10,17H,3-4,11-16,18H2,1-2H3,(H,25,27). The van der Waals surface area contributed by atoms with Crippen molar-refractivity contribution in [1.82, 2.24) is 9.62 Å². The third-order valence-corrected chi connectivity index (χ3v) is 7.13. The van der Waals surface area contributed by atoms with E-state index in [0.29, 0.717) is 62.1 Å². The molecule has 0 unspecified atom stereocenters. The van der Waals surface area contributed by atoms with Crippen LogP contribution < -0.4 is 14.8 Å². The third kappa shape index (κ3) is 6.46. The lowest BCUT2D eigenvalue weighted by molar-refractivity contribution is 0.0730. The highest BCUT2D eigenvalue weighted by molar-refractivity contribution is 7.89. The number of carbonyl (C=O) groups excluding carboxylic acids is 1. The molecule has 1 heterocycles. The van der Waals surface area contributed by atoms with Crippen molar-refractivity contribution in [3.05, 3.63) is 53.6 Å². The van der Waals surface area contributed by atoms with Crippen LogP contribution in [0.15, 0.2) is 47.4 Å². The van der Waals surface area contributed by atoms with Gasteiger partial charge in [0.05, 0.1) is 31.3 Å². The topological polar surface area (TPSA) is 94.2 Å². The Morgan fingerprint density at radius 2 is 1.67 bits per heavy atom. The van der Waals surface area contributed by atoms with Gasteiger partial charge in [-0.15, -0.1) is 0 Å². The number of nitrogens with zero attached hydrogens (tertiary/aromatic N) is 1. The maximum absolute atomic E-state index is 13.1. The molecular weight excluding hydrogens is 444 g/mol. The SMILES string of the molecule is CCCOc1ccc(C(=O)NCc2ccccc2S(=O)(=O)N2CCOCC2)cc1OCCC. The van der Waals surface area contributed by atoms with Gasteiger partial charge in [-0.3, -0.25) is 4.79 Å². The summed E-state index contributed by atoms with van der Waals surface area (Å²) in [6.45, 7) is 6.56. The molecule has 8 nitrogen and oxygen atoms in total. The monoisotopic (exact) mass is 476 g/mol. The van der Waals surface area contributed by atoms with Crippen molar-refractivity contribution in [3.8, 4) is 11.5 Å². The van der Waals surface area contributed by atoms with Crippen LogP contribution in [0.1, 0.15) is 42.6 Å². The fourth-order valence-corrected chi connectivity index (χ4v) is 5.04. The predicted octanol–water partition coefficient (Wildman–Crippen LogP) is 3.22. The van der Waals surface area contributed by atoms with Crippen molar-refractivity contribution in [2.75, 3.05) is 39.5 Å². The lowest BCUT2D eigenvalue weighted by atomic mass is 10.1. The van der Waals surface area contributed by atoms with Crippen molar-refractivity contribution >= 4 is 15.9 Å². The maximum atomic E-state index is 13.1. The number of nitrogens with one attached hydrogen (secondary N) is 1. The number of ether oxygens (including phenoxy) is 3. The van der Waals surface area contributed by atoms with Gasteiger partial charge < -0.3 is 19.5 Å². The van der Waals surface area contributed by atoms with E-state index in [4.69, 9.17) is 14.2 Å². The van der Waals surface area contributed by atoms with E-state index in [0.717, 1.165) is 12.8 Å². The summed E-state index contributed by atoms with van der Waals surface area (Å²) < 4.78 is 44.4. The maximum Gasteiger partial charge on any atom is 0.251 e. The highest BCUT2D eigenvalue weighted by atomic mass is 32.2. The van der Waals surface area contributed by atoms with E-state index in [1.807, 2.05) is 13.8 Å². The van der Waals surface area contributed by atoms with Gasteiger partial charge in [0.1, 0.15) is 0 Å². The summed E-state index contributed by atoms with van der Waals surface area (Å²) in [5.74, 6) is 0.800. The first-order valence-electron chi connectivity index (χ1n) is 11.3. The molecule has 1 aliphatic heterocycles. The van der Waals surface area contributed by atoms with Gasteiger partial charge in [-0.25, -0.2) is 8.42 Å². The molecule has 0 radical (unpaired) electrons. The average molecular weight is 477 g/mol. The van der Waals surface area contributed by atoms with Crippen molar-refractivity contribution in [2.45, 2.75) is 38.1 Å². The molecule has 1 amide bonds. The first kappa shape index (κ1) is 25.0. The molecular formula is C24H32N2O6S. The van der Waals surface area contributed by atoms with E-state index in [9.17, 15) is 13.2 Å². The van der Waals surface area contributed by atoms with Crippen molar-refractivity contribution < 1.29 is 27.4 Å². The highest BCUT2D eigenvalue weighted by Crippen LogP contribution is 2.29. The zero-order chi connectivity index (χ0) is 23.7. The molecule has 1 N–H and O–H groups in total. The largest absolute Gasteiger partial charge is 0.490 e. The van der Waals surface area contributed by atoms with Crippen LogP contribution >= 0.6 is 0 Å². The Morgan fingerprint density at radius 3 is 2.36 bits per heavy atom. The summed E-state index contributed by atoms with van der Waals surface area (Å²) in [6.07, 6.45) is 1.69. The molecule has 3 rings (SSSR count). The van der Waals surface area contributed by atoms with Crippen LogP contribution in [-0.2, 0) is 21.3 Å². The second kappa shape index (κ2) is 12.0. The van der Waals surface area contributed by atoms with Gasteiger partial charge in [0.2, 0.25) is 10.0 Å². The van der Waals surface area contributed by atoms with Gasteiger partial charge in [0.15, 0.2) is 11.5 Å². The Balaban J connectivity index is 1.74. The minimum atomic E-state index is -3.67. The molecule has 0 saturated carbocycles. The average Bonchev–Trinajstić information content (AvgIpc) is 2.85. The molecule has 33 heavy (non-hydrogen) atoms. The quantitative estimate of drug-likeness (QED) is 0.535. The van der Waals surface area contributed by atoms with E-state index in [-0.39, 0.29) is 17.3 Å². The Hall–Kier alpha value is -2.62. The number of carbonyl (C=O) groups is 1. The van der Waals surface area contributed by atoms with Gasteiger partial charge >= 0.3 is 0 Å². The van der Waals surface area contributed by atoms with Crippen molar-refractivity contribution in [2.24, 2.45) is 0 Å². The minimum absolute atomic E-state index is 0.0812. The lowest BCUT2D eigenvalue weighted by Gasteiger charge is -2.27. The minimum Gasteiger partial charge on any atom is -0.490 e. The molecule has 1 aliphatic rings. The highest BCUT2D eigenvalue weighted by Gasteiger charge is 2.28. The molecule has 0 atom stereocenters. The summed E-state index contributed by atoms with van der Waals surface area (Å²) in [6, 6.07) is 11.8. The summed E-state index contributed by atoms with van der Waals surface area (Å²) in [5, 5.41) is 2.83. The summed E-state index contributed by atoms with van der Waals surface area (Å²) >= 11 is 0. The van der Waals surface area contributed by atoms with E-state index in [1.54, 1.807) is 42.5 Å². The summed E-state index contributed by atoms with van der Waals surface area (Å²) in [5.41, 5.74) is 0.946. The normalized spacial score (nSPS) is 14.6. The number of amides is 1. The molecule has 0 aliphatic carbocycles. The fourth-order valence-electron chi connectivity index (χ4n) is 3.41. The number of morpholine rings is 1. The second-order valence-electron chi connectivity index (χ2n) is 7.67. The molecule has 2 aromatic carbocycles. The van der Waals surface area contributed by atoms with Crippen LogP contribution in [0, 0.1) is 0 Å². The van der Waals surface area contributed by atoms with Crippen LogP contribution in [0.3, 0.4) is 0 Å². The molecule has 0 spiro atoms. The van der Waals surface area contributed by atoms with Gasteiger partial charge in [0, 0.05) is 25.2 Å². The number of rotatable bonds is 11. The Bertz CT molecular complexity index is 1040. The smallest absolute Gasteiger partial charge is 0.251 e. The van der Waals surface area contributed by atoms with E-state index < -0.39 is 10.0 Å². The van der Waals surface area contributed by atoms with Gasteiger partial charge in [-0.1, -0.05) is 32.0 Å². The van der Waals surface area contributed by atoms with E-state index in [2.05, 4.69) is 5.32 Å². The van der Waals surface area contributed by atoms with Crippen LogP contribution in [0.4, 0.5) is 0 Å². The zero-order valence-corrected chi connectivity index (χ0v) is 20.0. The van der Waals surface area contributed by atoms with Gasteiger partial charge in [0.25, 0.3) is 5.91 Å². The van der Waals surface area contributed by atoms with Crippen molar-refractivity contribution in [1.29, 1.82) is 0 Å². The summed E-state index contributed by atoms with van der Waals surface area (Å²) in [4.78, 5) is 13.0. The second-order valence-corrected chi connectivity index (χ2v) is 9.57. The zero-order valence-electron chi connectivity index (χ0n) is 19.2. The van der Waals surface area contributed by atoms with Crippen LogP contribution in [0.2, 0.25) is 0 Å². The molecule has 0 bridgehead atoms. The third-order valence-electron chi connectivity index (χ3n) is 5.13. The fraction of sp³-hybridized carbons (Fsp3) is 0.458. The van der Waals surface area contributed by atoms with Crippen molar-refractivity contribution in [3.63, 3.8) is 0 Å². The summed E-state index contributed by atoms with van der Waals surface area (Å²) in [7, 11) is -3.67. The predicted molar refractivity (Wildman–Crippen MR) is 125 cm³/mol. The number of benzene rings is 2. The van der Waals surface area contributed by atoms with E-state index >= 15 is 0 Å². The molecule has 180 valence electrons. The van der Waals surface area contributed by atoms with E-state index in [1.165, 1.54) is 4.31 Å². The molecule has 0 aromatic heterocycles. The Kier molecular flexibility index (Phi) is 9.11. The van der Waals surface area contributed by atoms with Crippen LogP contribution in [-0.4, -0.2) is 58.1 Å². The Labute approximate surface area is 195 Å².